The first-order chi connectivity index (χ1) is 9.65. The van der Waals surface area contributed by atoms with Crippen LogP contribution in [0.25, 0.3) is 0 Å². The number of hydrogen-bond acceptors (Lipinski definition) is 2. The molecule has 0 saturated carbocycles. The summed E-state index contributed by atoms with van der Waals surface area (Å²) < 4.78 is 19.7. The average molecular weight is 337 g/mol. The van der Waals surface area contributed by atoms with E-state index in [9.17, 15) is 9.18 Å². The van der Waals surface area contributed by atoms with Crippen molar-refractivity contribution >= 4 is 21.7 Å². The van der Waals surface area contributed by atoms with Gasteiger partial charge >= 0.3 is 0 Å². The zero-order valence-electron chi connectivity index (χ0n) is 10.8. The molecule has 20 heavy (non-hydrogen) atoms. The molecular formula is C16H14BrFO2. The molecule has 2 aromatic carbocycles. The molecule has 0 aliphatic carbocycles. The van der Waals surface area contributed by atoms with Gasteiger partial charge in [-0.05, 0) is 35.9 Å². The second-order valence-electron chi connectivity index (χ2n) is 4.36. The number of benzene rings is 2. The fourth-order valence-electron chi connectivity index (χ4n) is 1.78. The molecule has 0 spiro atoms. The van der Waals surface area contributed by atoms with Gasteiger partial charge < -0.3 is 4.74 Å². The van der Waals surface area contributed by atoms with Crippen LogP contribution in [0.4, 0.5) is 4.39 Å². The molecule has 0 aliphatic heterocycles. The minimum atomic E-state index is -0.356. The van der Waals surface area contributed by atoms with E-state index < -0.39 is 0 Å². The Morgan fingerprint density at radius 3 is 2.65 bits per heavy atom. The molecule has 0 unspecified atom stereocenters. The summed E-state index contributed by atoms with van der Waals surface area (Å²) in [6, 6.07) is 13.9. The molecule has 2 aromatic rings. The van der Waals surface area contributed by atoms with Gasteiger partial charge in [0, 0.05) is 17.3 Å². The molecule has 2 rings (SSSR count). The smallest absolute Gasteiger partial charge is 0.140 e. The number of para-hydroxylation sites is 1. The third-order valence-corrected chi connectivity index (χ3v) is 3.28. The van der Waals surface area contributed by atoms with E-state index in [0.717, 1.165) is 10.2 Å². The molecule has 0 N–H and O–H groups in total. The predicted molar refractivity (Wildman–Crippen MR) is 79.4 cm³/mol. The summed E-state index contributed by atoms with van der Waals surface area (Å²) in [5, 5.41) is 0. The Bertz CT molecular complexity index is 584. The normalized spacial score (nSPS) is 10.3. The highest BCUT2D eigenvalue weighted by Crippen LogP contribution is 2.16. The highest BCUT2D eigenvalue weighted by Gasteiger charge is 2.09. The molecule has 2 nitrogen and oxygen atoms in total. The molecule has 0 amide bonds. The Balaban J connectivity index is 1.82. The van der Waals surface area contributed by atoms with E-state index in [1.54, 1.807) is 12.1 Å². The number of Topliss-reactive ketones (excluding diaryl/α,β-unsaturated/α-hetero) is 1. The SMILES string of the molecule is O=C(CCOc1ccccc1)Cc1cc(Br)ccc1F. The topological polar surface area (TPSA) is 26.3 Å². The van der Waals surface area contributed by atoms with Gasteiger partial charge in [-0.15, -0.1) is 0 Å². The molecule has 104 valence electrons. The van der Waals surface area contributed by atoms with Crippen LogP contribution >= 0.6 is 15.9 Å². The molecule has 0 saturated heterocycles. The second-order valence-corrected chi connectivity index (χ2v) is 5.28. The molecule has 0 radical (unpaired) electrons. The highest BCUT2D eigenvalue weighted by atomic mass is 79.9. The average Bonchev–Trinajstić information content (AvgIpc) is 2.44. The van der Waals surface area contributed by atoms with Crippen molar-refractivity contribution in [3.05, 3.63) is 64.4 Å². The third kappa shape index (κ3) is 4.46. The summed E-state index contributed by atoms with van der Waals surface area (Å²) in [7, 11) is 0. The quantitative estimate of drug-likeness (QED) is 0.791. The van der Waals surface area contributed by atoms with E-state index in [1.165, 1.54) is 6.07 Å². The summed E-state index contributed by atoms with van der Waals surface area (Å²) in [6.45, 7) is 0.304. The highest BCUT2D eigenvalue weighted by molar-refractivity contribution is 9.10. The van der Waals surface area contributed by atoms with Crippen LogP contribution in [0.15, 0.2) is 53.0 Å². The summed E-state index contributed by atoms with van der Waals surface area (Å²) in [4.78, 5) is 11.8. The lowest BCUT2D eigenvalue weighted by Gasteiger charge is -2.06. The Morgan fingerprint density at radius 1 is 1.15 bits per heavy atom. The van der Waals surface area contributed by atoms with Gasteiger partial charge in [-0.3, -0.25) is 4.79 Å². The Kier molecular flexibility index (Phi) is 5.30. The van der Waals surface area contributed by atoms with E-state index >= 15 is 0 Å². The number of ether oxygens (including phenoxy) is 1. The number of carbonyl (C=O) groups excluding carboxylic acids is 1. The van der Waals surface area contributed by atoms with Crippen molar-refractivity contribution in [3.8, 4) is 5.75 Å². The Morgan fingerprint density at radius 2 is 1.90 bits per heavy atom. The monoisotopic (exact) mass is 336 g/mol. The maximum absolute atomic E-state index is 13.5. The molecule has 0 bridgehead atoms. The second kappa shape index (κ2) is 7.20. The van der Waals surface area contributed by atoms with Crippen LogP contribution in [0.2, 0.25) is 0 Å². The Hall–Kier alpha value is -1.68. The number of halogens is 2. The lowest BCUT2D eigenvalue weighted by molar-refractivity contribution is -0.118. The molecule has 0 atom stereocenters. The van der Waals surface area contributed by atoms with Crippen LogP contribution < -0.4 is 4.74 Å². The van der Waals surface area contributed by atoms with Gasteiger partial charge in [0.1, 0.15) is 17.3 Å². The maximum atomic E-state index is 13.5. The van der Waals surface area contributed by atoms with E-state index in [1.807, 2.05) is 30.3 Å². The molecule has 0 fully saturated rings. The summed E-state index contributed by atoms with van der Waals surface area (Å²) in [5.74, 6) is 0.331. The maximum Gasteiger partial charge on any atom is 0.140 e. The number of rotatable bonds is 6. The van der Waals surface area contributed by atoms with Crippen LogP contribution in [0, 0.1) is 5.82 Å². The van der Waals surface area contributed by atoms with Gasteiger partial charge in [-0.25, -0.2) is 4.39 Å². The Labute approximate surface area is 125 Å². The van der Waals surface area contributed by atoms with Crippen molar-refractivity contribution in [2.24, 2.45) is 0 Å². The van der Waals surface area contributed by atoms with Gasteiger partial charge in [0.25, 0.3) is 0 Å². The van der Waals surface area contributed by atoms with Gasteiger partial charge in [0.05, 0.1) is 6.61 Å². The van der Waals surface area contributed by atoms with Gasteiger partial charge in [0.2, 0.25) is 0 Å². The molecule has 0 aromatic heterocycles. The van der Waals surface area contributed by atoms with Crippen molar-refractivity contribution in [1.29, 1.82) is 0 Å². The van der Waals surface area contributed by atoms with Crippen LogP contribution in [0.3, 0.4) is 0 Å². The molecule has 4 heteroatoms. The molecule has 0 aliphatic rings. The van der Waals surface area contributed by atoms with E-state index in [0.29, 0.717) is 12.2 Å². The van der Waals surface area contributed by atoms with E-state index in [4.69, 9.17) is 4.74 Å². The van der Waals surface area contributed by atoms with Gasteiger partial charge in [0.15, 0.2) is 0 Å². The van der Waals surface area contributed by atoms with Crippen LogP contribution in [-0.4, -0.2) is 12.4 Å². The van der Waals surface area contributed by atoms with Crippen LogP contribution in [-0.2, 0) is 11.2 Å². The van der Waals surface area contributed by atoms with E-state index in [2.05, 4.69) is 15.9 Å². The third-order valence-electron chi connectivity index (χ3n) is 2.79. The first-order valence-electron chi connectivity index (χ1n) is 6.28. The zero-order valence-corrected chi connectivity index (χ0v) is 12.4. The van der Waals surface area contributed by atoms with Crippen LogP contribution in [0.1, 0.15) is 12.0 Å². The minimum Gasteiger partial charge on any atom is -0.493 e. The molecule has 0 heterocycles. The van der Waals surface area contributed by atoms with Gasteiger partial charge in [-0.2, -0.15) is 0 Å². The fourth-order valence-corrected chi connectivity index (χ4v) is 2.19. The summed E-state index contributed by atoms with van der Waals surface area (Å²) in [6.07, 6.45) is 0.351. The summed E-state index contributed by atoms with van der Waals surface area (Å²) >= 11 is 3.27. The lowest BCUT2D eigenvalue weighted by Crippen LogP contribution is -2.09. The van der Waals surface area contributed by atoms with Crippen molar-refractivity contribution in [2.45, 2.75) is 12.8 Å². The first kappa shape index (κ1) is 14.7. The largest absolute Gasteiger partial charge is 0.493 e. The fraction of sp³-hybridized carbons (Fsp3) is 0.188. The lowest BCUT2D eigenvalue weighted by atomic mass is 10.1. The van der Waals surface area contributed by atoms with Gasteiger partial charge in [-0.1, -0.05) is 34.1 Å². The molecular weight excluding hydrogens is 323 g/mol. The van der Waals surface area contributed by atoms with Crippen molar-refractivity contribution in [2.75, 3.05) is 6.61 Å². The summed E-state index contributed by atoms with van der Waals surface area (Å²) in [5.41, 5.74) is 0.407. The van der Waals surface area contributed by atoms with Crippen LogP contribution in [0.5, 0.6) is 5.75 Å². The van der Waals surface area contributed by atoms with Crippen molar-refractivity contribution in [1.82, 2.24) is 0 Å². The first-order valence-corrected chi connectivity index (χ1v) is 7.08. The predicted octanol–water partition coefficient (Wildman–Crippen LogP) is 4.17. The number of ketones is 1. The zero-order chi connectivity index (χ0) is 14.4. The van der Waals surface area contributed by atoms with Crippen molar-refractivity contribution in [3.63, 3.8) is 0 Å². The number of carbonyl (C=O) groups is 1. The number of hydrogen-bond donors (Lipinski definition) is 0. The standard InChI is InChI=1S/C16H14BrFO2/c17-13-6-7-16(18)12(10-13)11-14(19)8-9-20-15-4-2-1-3-5-15/h1-7,10H,8-9,11H2. The van der Waals surface area contributed by atoms with E-state index in [-0.39, 0.29) is 24.4 Å². The minimum absolute atomic E-state index is 0.0436. The van der Waals surface area contributed by atoms with Crippen molar-refractivity contribution < 1.29 is 13.9 Å².